The molecule has 2 N–H and O–H groups in total. The fourth-order valence-electron chi connectivity index (χ4n) is 0.860. The van der Waals surface area contributed by atoms with Gasteiger partial charge in [0, 0.05) is 11.5 Å². The van der Waals surface area contributed by atoms with E-state index in [0.717, 1.165) is 17.8 Å². The number of rotatable bonds is 4. The molecule has 0 unspecified atom stereocenters. The highest BCUT2D eigenvalue weighted by Gasteiger charge is 2.26. The van der Waals surface area contributed by atoms with Crippen molar-refractivity contribution in [3.05, 3.63) is 5.82 Å². The van der Waals surface area contributed by atoms with E-state index in [1.165, 1.54) is 0 Å². The Balaban J connectivity index is 3.11. The summed E-state index contributed by atoms with van der Waals surface area (Å²) in [6.45, 7) is 5.08. The molecule has 0 saturated heterocycles. The summed E-state index contributed by atoms with van der Waals surface area (Å²) in [4.78, 5) is 20.6. The van der Waals surface area contributed by atoms with Crippen LogP contribution in [0.5, 0.6) is 0 Å². The molecule has 0 amide bonds. The molecule has 0 aliphatic rings. The lowest BCUT2D eigenvalue weighted by Gasteiger charge is -2.15. The average molecular weight is 322 g/mol. The van der Waals surface area contributed by atoms with Crippen molar-refractivity contribution in [3.8, 4) is 0 Å². The lowest BCUT2D eigenvalue weighted by Crippen LogP contribution is -2.25. The second-order valence-corrected chi connectivity index (χ2v) is 7.03. The van der Waals surface area contributed by atoms with E-state index >= 15 is 0 Å². The van der Waals surface area contributed by atoms with Crippen LogP contribution in [0.2, 0.25) is 0 Å². The van der Waals surface area contributed by atoms with Crippen LogP contribution in [0, 0.1) is 0 Å². The summed E-state index contributed by atoms with van der Waals surface area (Å²) in [6, 6.07) is 0. The molecule has 1 rings (SSSR count). The number of oxime groups is 1. The molecule has 0 spiro atoms. The number of hydrogen-bond acceptors (Lipinski definition) is 10. The maximum Gasteiger partial charge on any atom is 0.379 e. The lowest BCUT2D eigenvalue weighted by atomic mass is 10.2. The summed E-state index contributed by atoms with van der Waals surface area (Å²) in [5, 5.41) is 3.66. The largest absolute Gasteiger partial charge is 0.389 e. The van der Waals surface area contributed by atoms with Gasteiger partial charge >= 0.3 is 16.1 Å². The zero-order chi connectivity index (χ0) is 15.6. The number of anilines is 1. The smallest absolute Gasteiger partial charge is 0.379 e. The Labute approximate surface area is 120 Å². The number of hydrogen-bond donors (Lipinski definition) is 1. The van der Waals surface area contributed by atoms with Crippen LogP contribution in [0.15, 0.2) is 5.16 Å². The summed E-state index contributed by atoms with van der Waals surface area (Å²) in [7, 11) is -3.99. The maximum absolute atomic E-state index is 11.8. The predicted octanol–water partition coefficient (Wildman–Crippen LogP) is 0.142. The predicted molar refractivity (Wildman–Crippen MR) is 72.6 cm³/mol. The van der Waals surface area contributed by atoms with Gasteiger partial charge in [0.05, 0.1) is 6.26 Å². The van der Waals surface area contributed by atoms with Crippen molar-refractivity contribution in [1.29, 1.82) is 0 Å². The Bertz CT molecular complexity index is 629. The second kappa shape index (κ2) is 5.71. The van der Waals surface area contributed by atoms with Gasteiger partial charge in [-0.25, -0.2) is 4.79 Å². The number of nitrogen functional groups attached to an aromatic ring is 1. The Morgan fingerprint density at radius 1 is 1.40 bits per heavy atom. The molecule has 0 radical (unpaired) electrons. The molecular weight excluding hydrogens is 308 g/mol. The molecule has 1 heterocycles. The van der Waals surface area contributed by atoms with E-state index in [2.05, 4.69) is 18.7 Å². The van der Waals surface area contributed by atoms with E-state index in [9.17, 15) is 13.2 Å². The van der Waals surface area contributed by atoms with Gasteiger partial charge < -0.3 is 14.8 Å². The van der Waals surface area contributed by atoms with Crippen LogP contribution in [0.3, 0.4) is 0 Å². The molecule has 9 nitrogen and oxygen atoms in total. The van der Waals surface area contributed by atoms with Crippen molar-refractivity contribution in [1.82, 2.24) is 9.36 Å². The number of nitrogens with two attached hydrogens (primary N) is 1. The molecule has 0 aliphatic heterocycles. The van der Waals surface area contributed by atoms with E-state index in [-0.39, 0.29) is 11.0 Å². The number of carbonyl (C=O) groups excluding carboxylic acids is 1. The fourth-order valence-corrected chi connectivity index (χ4v) is 1.65. The number of aromatic nitrogens is 2. The molecular formula is C9H14N4O5S2. The molecule has 20 heavy (non-hydrogen) atoms. The molecule has 0 fully saturated rings. The third kappa shape index (κ3) is 5.48. The van der Waals surface area contributed by atoms with Crippen LogP contribution < -0.4 is 5.73 Å². The van der Waals surface area contributed by atoms with E-state index in [1.54, 1.807) is 20.8 Å². The average Bonchev–Trinajstić information content (AvgIpc) is 2.60. The van der Waals surface area contributed by atoms with Crippen molar-refractivity contribution in [2.75, 3.05) is 12.0 Å². The highest BCUT2D eigenvalue weighted by molar-refractivity contribution is 7.86. The molecule has 0 aromatic carbocycles. The number of nitrogens with zero attached hydrogens (tertiary/aromatic N) is 3. The third-order valence-electron chi connectivity index (χ3n) is 1.48. The van der Waals surface area contributed by atoms with E-state index < -0.39 is 27.4 Å². The molecule has 1 aromatic heterocycles. The van der Waals surface area contributed by atoms with Crippen LogP contribution in [0.1, 0.15) is 26.6 Å². The first kappa shape index (κ1) is 16.3. The molecule has 112 valence electrons. The van der Waals surface area contributed by atoms with Gasteiger partial charge in [-0.15, -0.1) is 0 Å². The third-order valence-corrected chi connectivity index (χ3v) is 2.48. The minimum Gasteiger partial charge on any atom is -0.389 e. The van der Waals surface area contributed by atoms with Gasteiger partial charge in [-0.3, -0.25) is 0 Å². The van der Waals surface area contributed by atoms with Crippen molar-refractivity contribution < 1.29 is 22.2 Å². The van der Waals surface area contributed by atoms with Gasteiger partial charge in [-0.05, 0) is 20.8 Å². The second-order valence-electron chi connectivity index (χ2n) is 4.67. The van der Waals surface area contributed by atoms with Gasteiger partial charge in [0.2, 0.25) is 11.5 Å². The normalized spacial score (nSPS) is 13.1. The van der Waals surface area contributed by atoms with Crippen molar-refractivity contribution in [2.45, 2.75) is 26.4 Å². The van der Waals surface area contributed by atoms with Gasteiger partial charge in [-0.1, -0.05) is 5.16 Å². The fraction of sp³-hybridized carbons (Fsp3) is 0.556. The topological polar surface area (TPSA) is 134 Å². The summed E-state index contributed by atoms with van der Waals surface area (Å²) in [6.07, 6.45) is 0.732. The summed E-state index contributed by atoms with van der Waals surface area (Å²) in [5.74, 6) is -1.40. The van der Waals surface area contributed by atoms with Gasteiger partial charge in [0.15, 0.2) is 5.13 Å². The van der Waals surface area contributed by atoms with Crippen LogP contribution >= 0.6 is 11.5 Å². The summed E-state index contributed by atoms with van der Waals surface area (Å²) < 4.78 is 30.0. The standard InChI is InChI=1S/C9H14N4O5S2/c1-9(2,3)18-12-5(6-11-8(10)19-13-6)7(14)17-20(4,15)16/h1-4H3,(H2,10,11,13). The minimum atomic E-state index is -3.99. The maximum atomic E-state index is 11.8. The van der Waals surface area contributed by atoms with Crippen molar-refractivity contribution in [3.63, 3.8) is 0 Å². The van der Waals surface area contributed by atoms with Crippen LogP contribution in [-0.4, -0.2) is 41.3 Å². The first-order valence-electron chi connectivity index (χ1n) is 5.27. The quantitative estimate of drug-likeness (QED) is 0.470. The number of carbonyl (C=O) groups is 1. The Hall–Kier alpha value is -1.75. The summed E-state index contributed by atoms with van der Waals surface area (Å²) >= 11 is 0.825. The minimum absolute atomic E-state index is 0.0932. The molecule has 0 atom stereocenters. The van der Waals surface area contributed by atoms with E-state index in [0.29, 0.717) is 0 Å². The zero-order valence-corrected chi connectivity index (χ0v) is 12.9. The van der Waals surface area contributed by atoms with Crippen molar-refractivity contribution in [2.24, 2.45) is 5.16 Å². The van der Waals surface area contributed by atoms with E-state index in [1.807, 2.05) is 0 Å². The first-order valence-corrected chi connectivity index (χ1v) is 7.86. The molecule has 0 bridgehead atoms. The van der Waals surface area contributed by atoms with Crippen molar-refractivity contribution >= 4 is 38.5 Å². The Kier molecular flexibility index (Phi) is 4.65. The lowest BCUT2D eigenvalue weighted by molar-refractivity contribution is -0.126. The van der Waals surface area contributed by atoms with Crippen LogP contribution in [0.4, 0.5) is 5.13 Å². The Morgan fingerprint density at radius 2 is 2.00 bits per heavy atom. The van der Waals surface area contributed by atoms with Gasteiger partial charge in [0.1, 0.15) is 5.60 Å². The van der Waals surface area contributed by atoms with Gasteiger partial charge in [0.25, 0.3) is 0 Å². The first-order chi connectivity index (χ1) is 8.98. The molecule has 0 aliphatic carbocycles. The summed E-state index contributed by atoms with van der Waals surface area (Å²) in [5.41, 5.74) is 4.23. The molecule has 11 heteroatoms. The highest BCUT2D eigenvalue weighted by atomic mass is 32.2. The molecule has 0 saturated carbocycles. The van der Waals surface area contributed by atoms with E-state index in [4.69, 9.17) is 10.6 Å². The van der Waals surface area contributed by atoms with Crippen LogP contribution in [-0.2, 0) is 23.9 Å². The van der Waals surface area contributed by atoms with Crippen LogP contribution in [0.25, 0.3) is 0 Å². The van der Waals surface area contributed by atoms with Gasteiger partial charge in [-0.2, -0.15) is 17.8 Å². The zero-order valence-electron chi connectivity index (χ0n) is 11.3. The monoisotopic (exact) mass is 322 g/mol. The Morgan fingerprint density at radius 3 is 2.40 bits per heavy atom. The molecule has 1 aromatic rings. The highest BCUT2D eigenvalue weighted by Crippen LogP contribution is 2.12. The SMILES string of the molecule is CC(C)(C)ON=C(C(=O)OS(C)(=O)=O)c1nsc(N)n1.